The molecule has 1 N–H and O–H groups in total. The van der Waals surface area contributed by atoms with Gasteiger partial charge in [-0.15, -0.1) is 10.2 Å². The van der Waals surface area contributed by atoms with Crippen LogP contribution >= 0.6 is 11.8 Å². The summed E-state index contributed by atoms with van der Waals surface area (Å²) < 4.78 is 5.70. The number of tetrazole rings is 1. The van der Waals surface area contributed by atoms with E-state index in [2.05, 4.69) is 20.6 Å². The van der Waals surface area contributed by atoms with Crippen LogP contribution in [0.25, 0.3) is 17.0 Å². The summed E-state index contributed by atoms with van der Waals surface area (Å²) in [7, 11) is 0. The Morgan fingerprint density at radius 2 is 2.33 bits per heavy atom. The Morgan fingerprint density at radius 1 is 1.42 bits per heavy atom. The molecule has 1 unspecified atom stereocenters. The zero-order valence-corrected chi connectivity index (χ0v) is 13.6. The predicted molar refractivity (Wildman–Crippen MR) is 91.2 cm³/mol. The van der Waals surface area contributed by atoms with Gasteiger partial charge in [-0.1, -0.05) is 23.4 Å². The number of furan rings is 1. The lowest BCUT2D eigenvalue weighted by atomic mass is 10.2. The lowest BCUT2D eigenvalue weighted by molar-refractivity contribution is -0.128. The summed E-state index contributed by atoms with van der Waals surface area (Å²) in [6.45, 7) is 0.660. The maximum Gasteiger partial charge on any atom is 0.247 e. The number of aromatic amines is 1. The van der Waals surface area contributed by atoms with Crippen molar-refractivity contribution in [3.05, 3.63) is 48.0 Å². The Morgan fingerprint density at radius 3 is 3.17 bits per heavy atom. The van der Waals surface area contributed by atoms with Gasteiger partial charge in [0.05, 0.1) is 0 Å². The molecule has 1 amide bonds. The molecule has 24 heavy (non-hydrogen) atoms. The summed E-state index contributed by atoms with van der Waals surface area (Å²) in [6.07, 6.45) is 3.25. The molecule has 3 aromatic rings. The second-order valence-electron chi connectivity index (χ2n) is 5.41. The molecule has 1 aliphatic heterocycles. The highest BCUT2D eigenvalue weighted by Gasteiger charge is 2.30. The van der Waals surface area contributed by atoms with E-state index in [1.165, 1.54) is 0 Å². The number of carbonyl (C=O) groups is 1. The van der Waals surface area contributed by atoms with Gasteiger partial charge >= 0.3 is 0 Å². The summed E-state index contributed by atoms with van der Waals surface area (Å²) in [6, 6.07) is 9.52. The summed E-state index contributed by atoms with van der Waals surface area (Å²) in [5.41, 5.74) is 0.809. The average Bonchev–Trinajstić information content (AvgIpc) is 3.28. The number of para-hydroxylation sites is 1. The Bertz CT molecular complexity index is 841. The van der Waals surface area contributed by atoms with Crippen molar-refractivity contribution in [3.8, 4) is 0 Å². The summed E-state index contributed by atoms with van der Waals surface area (Å²) in [5, 5.41) is 15.1. The largest absolute Gasteiger partial charge is 0.457 e. The molecule has 1 saturated heterocycles. The summed E-state index contributed by atoms with van der Waals surface area (Å²) in [4.78, 5) is 14.4. The van der Waals surface area contributed by atoms with E-state index in [0.717, 1.165) is 22.5 Å². The molecule has 1 aromatic carbocycles. The van der Waals surface area contributed by atoms with Gasteiger partial charge in [0, 0.05) is 29.5 Å². The van der Waals surface area contributed by atoms with Gasteiger partial charge in [-0.2, -0.15) is 17.0 Å². The molecule has 7 nitrogen and oxygen atoms in total. The van der Waals surface area contributed by atoms with Crippen molar-refractivity contribution in [2.75, 3.05) is 18.1 Å². The minimum absolute atomic E-state index is 0.0782. The number of carbonyl (C=O) groups excluding carboxylic acids is 1. The van der Waals surface area contributed by atoms with Gasteiger partial charge in [0.15, 0.2) is 5.82 Å². The third-order valence-electron chi connectivity index (χ3n) is 3.91. The number of thioether (sulfide) groups is 1. The van der Waals surface area contributed by atoms with Crippen molar-refractivity contribution in [2.24, 2.45) is 0 Å². The Hall–Kier alpha value is -2.61. The standard InChI is InChI=1S/C16H15N5O2S/c22-15(6-5-12-9-11-3-1-2-4-14(11)23-12)21-7-8-24-10-13(21)16-17-19-20-18-16/h1-6,9,13H,7-8,10H2,(H,17,18,19,20)/b6-5+. The fourth-order valence-corrected chi connectivity index (χ4v) is 3.77. The fraction of sp³-hybridized carbons (Fsp3) is 0.250. The van der Waals surface area contributed by atoms with Gasteiger partial charge in [-0.05, 0) is 18.2 Å². The average molecular weight is 341 g/mol. The lowest BCUT2D eigenvalue weighted by Crippen LogP contribution is -2.40. The third-order valence-corrected chi connectivity index (χ3v) is 4.93. The van der Waals surface area contributed by atoms with Crippen LogP contribution in [0.1, 0.15) is 17.6 Å². The number of rotatable bonds is 3. The van der Waals surface area contributed by atoms with E-state index < -0.39 is 0 Å². The van der Waals surface area contributed by atoms with E-state index in [0.29, 0.717) is 18.1 Å². The van der Waals surface area contributed by atoms with Crippen LogP contribution in [-0.4, -0.2) is 49.5 Å². The van der Waals surface area contributed by atoms with E-state index in [4.69, 9.17) is 4.42 Å². The molecule has 1 atom stereocenters. The summed E-state index contributed by atoms with van der Waals surface area (Å²) in [5.74, 6) is 2.80. The zero-order chi connectivity index (χ0) is 16.4. The Kier molecular flexibility index (Phi) is 4.04. The van der Waals surface area contributed by atoms with Crippen molar-refractivity contribution in [1.82, 2.24) is 25.5 Å². The van der Waals surface area contributed by atoms with Crippen LogP contribution in [0.15, 0.2) is 40.8 Å². The van der Waals surface area contributed by atoms with Gasteiger partial charge in [0.25, 0.3) is 0 Å². The van der Waals surface area contributed by atoms with Gasteiger partial charge in [-0.25, -0.2) is 0 Å². The monoisotopic (exact) mass is 341 g/mol. The van der Waals surface area contributed by atoms with Gasteiger partial charge in [0.1, 0.15) is 17.4 Å². The molecule has 1 fully saturated rings. The quantitative estimate of drug-likeness (QED) is 0.735. The first kappa shape index (κ1) is 14.9. The number of nitrogens with zero attached hydrogens (tertiary/aromatic N) is 4. The van der Waals surface area contributed by atoms with Crippen LogP contribution in [0.2, 0.25) is 0 Å². The first-order chi connectivity index (χ1) is 11.8. The molecule has 0 saturated carbocycles. The molecule has 122 valence electrons. The smallest absolute Gasteiger partial charge is 0.247 e. The molecule has 1 aliphatic rings. The molecule has 3 heterocycles. The van der Waals surface area contributed by atoms with Crippen LogP contribution < -0.4 is 0 Å². The highest BCUT2D eigenvalue weighted by Crippen LogP contribution is 2.27. The van der Waals surface area contributed by atoms with Crippen molar-refractivity contribution < 1.29 is 9.21 Å². The van der Waals surface area contributed by atoms with E-state index in [1.54, 1.807) is 28.8 Å². The first-order valence-corrected chi connectivity index (χ1v) is 8.75. The Labute approximate surface area is 142 Å². The van der Waals surface area contributed by atoms with Crippen molar-refractivity contribution in [3.63, 3.8) is 0 Å². The number of fused-ring (bicyclic) bond motifs is 1. The topological polar surface area (TPSA) is 87.9 Å². The number of amides is 1. The SMILES string of the molecule is O=C(/C=C/c1cc2ccccc2o1)N1CCSCC1c1nn[nH]n1. The van der Waals surface area contributed by atoms with Crippen LogP contribution in [0, 0.1) is 0 Å². The predicted octanol–water partition coefficient (Wildman–Crippen LogP) is 2.28. The van der Waals surface area contributed by atoms with Crippen molar-refractivity contribution >= 4 is 34.7 Å². The molecular formula is C16H15N5O2S. The maximum absolute atomic E-state index is 12.6. The number of benzene rings is 1. The van der Waals surface area contributed by atoms with Gasteiger partial charge in [-0.3, -0.25) is 4.79 Å². The molecule has 0 radical (unpaired) electrons. The molecule has 0 aliphatic carbocycles. The van der Waals surface area contributed by atoms with Gasteiger partial charge in [0.2, 0.25) is 5.91 Å². The second-order valence-corrected chi connectivity index (χ2v) is 6.56. The number of hydrogen-bond acceptors (Lipinski definition) is 6. The van der Waals surface area contributed by atoms with Crippen LogP contribution in [-0.2, 0) is 4.79 Å². The number of nitrogens with one attached hydrogen (secondary N) is 1. The van der Waals surface area contributed by atoms with E-state index in [-0.39, 0.29) is 11.9 Å². The molecule has 0 spiro atoms. The number of H-pyrrole nitrogens is 1. The van der Waals surface area contributed by atoms with Crippen LogP contribution in [0.4, 0.5) is 0 Å². The lowest BCUT2D eigenvalue weighted by Gasteiger charge is -2.32. The zero-order valence-electron chi connectivity index (χ0n) is 12.8. The van der Waals surface area contributed by atoms with Crippen molar-refractivity contribution in [2.45, 2.75) is 6.04 Å². The minimum Gasteiger partial charge on any atom is -0.457 e. The van der Waals surface area contributed by atoms with Crippen LogP contribution in [0.3, 0.4) is 0 Å². The minimum atomic E-state index is -0.157. The highest BCUT2D eigenvalue weighted by atomic mass is 32.2. The van der Waals surface area contributed by atoms with Gasteiger partial charge < -0.3 is 9.32 Å². The van der Waals surface area contributed by atoms with Crippen LogP contribution in [0.5, 0.6) is 0 Å². The molecular weight excluding hydrogens is 326 g/mol. The van der Waals surface area contributed by atoms with Crippen molar-refractivity contribution in [1.29, 1.82) is 0 Å². The van der Waals surface area contributed by atoms with E-state index in [9.17, 15) is 4.79 Å². The third kappa shape index (κ3) is 2.92. The summed E-state index contributed by atoms with van der Waals surface area (Å²) >= 11 is 1.78. The molecule has 2 aromatic heterocycles. The second kappa shape index (κ2) is 6.48. The Balaban J connectivity index is 1.53. The molecule has 8 heteroatoms. The van der Waals surface area contributed by atoms with E-state index >= 15 is 0 Å². The normalized spacial score (nSPS) is 18.5. The first-order valence-electron chi connectivity index (χ1n) is 7.59. The highest BCUT2D eigenvalue weighted by molar-refractivity contribution is 7.99. The molecule has 0 bridgehead atoms. The maximum atomic E-state index is 12.6. The number of hydrogen-bond donors (Lipinski definition) is 1. The number of aromatic nitrogens is 4. The van der Waals surface area contributed by atoms with E-state index in [1.807, 2.05) is 30.3 Å². The molecule has 4 rings (SSSR count). The fourth-order valence-electron chi connectivity index (χ4n) is 2.73.